The Morgan fingerprint density at radius 2 is 1.94 bits per heavy atom. The molecule has 31 heavy (non-hydrogen) atoms. The monoisotopic (exact) mass is 431 g/mol. The van der Waals surface area contributed by atoms with E-state index in [1.165, 1.54) is 6.20 Å². The highest BCUT2D eigenvalue weighted by Gasteiger charge is 2.14. The number of anilines is 3. The van der Waals surface area contributed by atoms with Gasteiger partial charge in [-0.25, -0.2) is 0 Å². The van der Waals surface area contributed by atoms with E-state index in [1.54, 1.807) is 48.8 Å². The largest absolute Gasteiger partial charge is 0.492 e. The summed E-state index contributed by atoms with van der Waals surface area (Å²) in [4.78, 5) is 8.33. The van der Waals surface area contributed by atoms with E-state index in [0.717, 1.165) is 0 Å². The van der Waals surface area contributed by atoms with Gasteiger partial charge in [0.1, 0.15) is 23.3 Å². The highest BCUT2D eigenvalue weighted by atomic mass is 35.5. The van der Waals surface area contributed by atoms with Crippen molar-refractivity contribution in [3.8, 4) is 23.3 Å². The van der Waals surface area contributed by atoms with E-state index in [4.69, 9.17) is 26.8 Å². The van der Waals surface area contributed by atoms with E-state index in [-0.39, 0.29) is 0 Å². The molecule has 0 bridgehead atoms. The normalized spacial score (nSPS) is 10.5. The van der Waals surface area contributed by atoms with Crippen LogP contribution in [0.15, 0.2) is 61.1 Å². The van der Waals surface area contributed by atoms with Crippen LogP contribution in [-0.2, 0) is 0 Å². The number of hydrogen-bond donors (Lipinski definition) is 2. The van der Waals surface area contributed by atoms with E-state index in [9.17, 15) is 5.26 Å². The van der Waals surface area contributed by atoms with E-state index in [1.807, 2.05) is 13.0 Å². The van der Waals surface area contributed by atoms with Crippen molar-refractivity contribution >= 4 is 39.6 Å². The van der Waals surface area contributed by atoms with Crippen LogP contribution in [0.4, 0.5) is 17.1 Å². The topological polar surface area (TPSA) is 106 Å². The maximum absolute atomic E-state index is 9.59. The molecule has 0 amide bonds. The zero-order valence-electron chi connectivity index (χ0n) is 16.6. The van der Waals surface area contributed by atoms with Gasteiger partial charge in [-0.1, -0.05) is 11.6 Å². The molecular weight excluding hydrogens is 414 g/mol. The number of halogens is 1. The summed E-state index contributed by atoms with van der Waals surface area (Å²) in [5.41, 5.74) is 8.91. The van der Waals surface area contributed by atoms with E-state index >= 15 is 0 Å². The molecule has 0 radical (unpaired) electrons. The summed E-state index contributed by atoms with van der Waals surface area (Å²) >= 11 is 6.42. The van der Waals surface area contributed by atoms with Crippen molar-refractivity contribution in [1.29, 1.82) is 5.26 Å². The summed E-state index contributed by atoms with van der Waals surface area (Å²) in [6.45, 7) is 2.37. The molecule has 2 heterocycles. The molecule has 0 unspecified atom stereocenters. The third-order valence-electron chi connectivity index (χ3n) is 4.50. The lowest BCUT2D eigenvalue weighted by atomic mass is 10.1. The molecule has 0 aliphatic rings. The van der Waals surface area contributed by atoms with Gasteiger partial charge in [0.05, 0.1) is 34.1 Å². The van der Waals surface area contributed by atoms with Crippen LogP contribution in [0.25, 0.3) is 10.9 Å². The van der Waals surface area contributed by atoms with Crippen LogP contribution in [-0.4, -0.2) is 16.6 Å². The first-order valence-corrected chi connectivity index (χ1v) is 9.86. The smallest absolute Gasteiger partial charge is 0.146 e. The molecule has 0 spiro atoms. The first kappa shape index (κ1) is 20.3. The lowest BCUT2D eigenvalue weighted by Crippen LogP contribution is -2.00. The second-order valence-corrected chi connectivity index (χ2v) is 6.96. The third kappa shape index (κ3) is 4.29. The fourth-order valence-electron chi connectivity index (χ4n) is 3.08. The number of pyridine rings is 2. The maximum atomic E-state index is 9.59. The fraction of sp³-hybridized carbons (Fsp3) is 0.0870. The number of nitrogens with two attached hydrogens (primary N) is 1. The second kappa shape index (κ2) is 8.78. The molecule has 0 fully saturated rings. The lowest BCUT2D eigenvalue weighted by molar-refractivity contribution is 0.342. The molecule has 3 N–H and O–H groups in total. The fourth-order valence-corrected chi connectivity index (χ4v) is 3.29. The summed E-state index contributed by atoms with van der Waals surface area (Å²) in [6, 6.07) is 14.5. The van der Waals surface area contributed by atoms with Gasteiger partial charge in [-0.3, -0.25) is 9.97 Å². The van der Waals surface area contributed by atoms with Crippen molar-refractivity contribution in [2.75, 3.05) is 17.7 Å². The summed E-state index contributed by atoms with van der Waals surface area (Å²) in [7, 11) is 0. The zero-order valence-corrected chi connectivity index (χ0v) is 17.3. The zero-order chi connectivity index (χ0) is 21.8. The van der Waals surface area contributed by atoms with Crippen molar-refractivity contribution in [3.05, 3.63) is 71.6 Å². The standard InChI is InChI=1S/C23H18ClN5O2/c1-2-30-22-11-20-17(10-19(22)26)23(14(12-25)13-28-20)29-15-3-4-21(18(24)9-15)31-16-5-7-27-8-6-16/h3-11,13H,2,26H2,1H3,(H,28,29). The minimum atomic E-state index is 0.379. The van der Waals surface area contributed by atoms with Gasteiger partial charge in [0, 0.05) is 35.7 Å². The molecule has 8 heteroatoms. The minimum Gasteiger partial charge on any atom is -0.492 e. The van der Waals surface area contributed by atoms with Crippen molar-refractivity contribution in [2.45, 2.75) is 6.92 Å². The van der Waals surface area contributed by atoms with Crippen LogP contribution in [0.5, 0.6) is 17.2 Å². The highest BCUT2D eigenvalue weighted by molar-refractivity contribution is 6.32. The number of fused-ring (bicyclic) bond motifs is 1. The molecular formula is C23H18ClN5O2. The number of aromatic nitrogens is 2. The Morgan fingerprint density at radius 3 is 2.65 bits per heavy atom. The summed E-state index contributed by atoms with van der Waals surface area (Å²) in [5.74, 6) is 1.69. The molecule has 2 aromatic heterocycles. The molecule has 0 saturated carbocycles. The van der Waals surface area contributed by atoms with Crippen molar-refractivity contribution in [2.24, 2.45) is 0 Å². The number of nitrogens with one attached hydrogen (secondary N) is 1. The van der Waals surface area contributed by atoms with Gasteiger partial charge in [0.15, 0.2) is 0 Å². The SMILES string of the molecule is CCOc1cc2ncc(C#N)c(Nc3ccc(Oc4ccncc4)c(Cl)c3)c2cc1N. The molecule has 7 nitrogen and oxygen atoms in total. The summed E-state index contributed by atoms with van der Waals surface area (Å²) in [5, 5.41) is 14.0. The number of hydrogen-bond acceptors (Lipinski definition) is 7. The number of nitrogen functional groups attached to an aromatic ring is 1. The number of ether oxygens (including phenoxy) is 2. The second-order valence-electron chi connectivity index (χ2n) is 6.55. The molecule has 0 aliphatic carbocycles. The number of rotatable bonds is 6. The Kier molecular flexibility index (Phi) is 5.74. The van der Waals surface area contributed by atoms with Gasteiger partial charge in [0.2, 0.25) is 0 Å². The predicted octanol–water partition coefficient (Wildman–Crippen LogP) is 5.67. The van der Waals surface area contributed by atoms with Crippen LogP contribution < -0.4 is 20.5 Å². The Bertz CT molecular complexity index is 1290. The Hall–Kier alpha value is -4.02. The quantitative estimate of drug-likeness (QED) is 0.378. The molecule has 0 aliphatic heterocycles. The van der Waals surface area contributed by atoms with E-state index < -0.39 is 0 Å². The van der Waals surface area contributed by atoms with E-state index in [0.29, 0.717) is 62.4 Å². The van der Waals surface area contributed by atoms with Gasteiger partial charge >= 0.3 is 0 Å². The number of benzene rings is 2. The first-order chi connectivity index (χ1) is 15.1. The molecule has 0 atom stereocenters. The predicted molar refractivity (Wildman–Crippen MR) is 121 cm³/mol. The van der Waals surface area contributed by atoms with Gasteiger partial charge in [-0.05, 0) is 43.3 Å². The van der Waals surface area contributed by atoms with Gasteiger partial charge in [-0.2, -0.15) is 5.26 Å². The van der Waals surface area contributed by atoms with Crippen molar-refractivity contribution in [1.82, 2.24) is 9.97 Å². The van der Waals surface area contributed by atoms with Gasteiger partial charge < -0.3 is 20.5 Å². The third-order valence-corrected chi connectivity index (χ3v) is 4.79. The average Bonchev–Trinajstić information content (AvgIpc) is 2.77. The Balaban J connectivity index is 1.70. The lowest BCUT2D eigenvalue weighted by Gasteiger charge is -2.15. The van der Waals surface area contributed by atoms with Crippen molar-refractivity contribution in [3.63, 3.8) is 0 Å². The van der Waals surface area contributed by atoms with Gasteiger partial charge in [0.25, 0.3) is 0 Å². The maximum Gasteiger partial charge on any atom is 0.146 e. The summed E-state index contributed by atoms with van der Waals surface area (Å²) < 4.78 is 11.3. The van der Waals surface area contributed by atoms with Crippen LogP contribution >= 0.6 is 11.6 Å². The first-order valence-electron chi connectivity index (χ1n) is 9.48. The van der Waals surface area contributed by atoms with Crippen LogP contribution in [0.2, 0.25) is 5.02 Å². The number of nitrogens with zero attached hydrogens (tertiary/aromatic N) is 3. The van der Waals surface area contributed by atoms with Crippen molar-refractivity contribution < 1.29 is 9.47 Å². The Morgan fingerprint density at radius 1 is 1.13 bits per heavy atom. The molecule has 0 saturated heterocycles. The van der Waals surface area contributed by atoms with Crippen LogP contribution in [0.1, 0.15) is 12.5 Å². The molecule has 2 aromatic carbocycles. The van der Waals surface area contributed by atoms with Gasteiger partial charge in [-0.15, -0.1) is 0 Å². The number of nitriles is 1. The highest BCUT2D eigenvalue weighted by Crippen LogP contribution is 2.37. The van der Waals surface area contributed by atoms with E-state index in [2.05, 4.69) is 21.4 Å². The Labute approximate surface area is 184 Å². The molecule has 4 rings (SSSR count). The minimum absolute atomic E-state index is 0.379. The average molecular weight is 432 g/mol. The van der Waals surface area contributed by atoms with Crippen LogP contribution in [0, 0.1) is 11.3 Å². The summed E-state index contributed by atoms with van der Waals surface area (Å²) in [6.07, 6.45) is 4.79. The molecule has 154 valence electrons. The molecule has 4 aromatic rings. The van der Waals surface area contributed by atoms with Crippen LogP contribution in [0.3, 0.4) is 0 Å².